The molecule has 0 saturated carbocycles. The topological polar surface area (TPSA) is 69.6 Å². The van der Waals surface area contributed by atoms with Crippen molar-refractivity contribution in [3.8, 4) is 11.1 Å². The van der Waals surface area contributed by atoms with Crippen LogP contribution in [0.5, 0.6) is 0 Å². The minimum Gasteiger partial charge on any atom is -0.503 e. The number of aliphatic hydroxyl groups is 1. The summed E-state index contributed by atoms with van der Waals surface area (Å²) in [6.07, 6.45) is -4.39. The zero-order valence-electron chi connectivity index (χ0n) is 14.9. The van der Waals surface area contributed by atoms with Gasteiger partial charge in [0, 0.05) is 13.6 Å². The van der Waals surface area contributed by atoms with Gasteiger partial charge in [0.2, 0.25) is 0 Å². The van der Waals surface area contributed by atoms with Gasteiger partial charge < -0.3 is 15.3 Å². The van der Waals surface area contributed by atoms with E-state index in [0.717, 1.165) is 17.7 Å². The van der Waals surface area contributed by atoms with Crippen molar-refractivity contribution < 1.29 is 27.9 Å². The summed E-state index contributed by atoms with van der Waals surface area (Å²) in [6.45, 7) is 0.171. The van der Waals surface area contributed by atoms with E-state index in [-0.39, 0.29) is 18.7 Å². The quantitative estimate of drug-likeness (QED) is 0.842. The van der Waals surface area contributed by atoms with E-state index in [1.165, 1.54) is 24.1 Å². The first-order valence-electron chi connectivity index (χ1n) is 8.39. The van der Waals surface area contributed by atoms with E-state index in [9.17, 15) is 27.9 Å². The molecule has 0 saturated heterocycles. The highest BCUT2D eigenvalue weighted by Crippen LogP contribution is 2.31. The fraction of sp³-hybridized carbons (Fsp3) is 0.200. The number of amides is 2. The van der Waals surface area contributed by atoms with Gasteiger partial charge in [-0.2, -0.15) is 13.2 Å². The summed E-state index contributed by atoms with van der Waals surface area (Å²) in [6, 6.07) is 11.8. The van der Waals surface area contributed by atoms with E-state index < -0.39 is 29.3 Å². The minimum absolute atomic E-state index is 0.00592. The van der Waals surface area contributed by atoms with Crippen LogP contribution < -0.4 is 5.32 Å². The Morgan fingerprint density at radius 3 is 2.39 bits per heavy atom. The minimum atomic E-state index is -4.39. The third-order valence-corrected chi connectivity index (χ3v) is 4.43. The molecule has 1 heterocycles. The number of hydrogen-bond donors (Lipinski definition) is 2. The van der Waals surface area contributed by atoms with Crippen LogP contribution in [0.4, 0.5) is 13.2 Å². The summed E-state index contributed by atoms with van der Waals surface area (Å²) >= 11 is 0. The average Bonchev–Trinajstić information content (AvgIpc) is 2.93. The molecule has 1 aliphatic heterocycles. The Morgan fingerprint density at radius 1 is 1.14 bits per heavy atom. The molecular formula is C20H17F3N2O3. The van der Waals surface area contributed by atoms with E-state index in [2.05, 4.69) is 5.32 Å². The lowest BCUT2D eigenvalue weighted by molar-refractivity contribution is -0.137. The van der Waals surface area contributed by atoms with Gasteiger partial charge in [0.1, 0.15) is 0 Å². The fourth-order valence-corrected chi connectivity index (χ4v) is 2.87. The molecule has 28 heavy (non-hydrogen) atoms. The van der Waals surface area contributed by atoms with Crippen molar-refractivity contribution in [3.05, 3.63) is 71.0 Å². The summed E-state index contributed by atoms with van der Waals surface area (Å²) < 4.78 is 38.0. The molecule has 0 spiro atoms. The number of rotatable bonds is 4. The molecule has 0 atom stereocenters. The van der Waals surface area contributed by atoms with Gasteiger partial charge in [-0.05, 0) is 34.9 Å². The van der Waals surface area contributed by atoms with Gasteiger partial charge in [-0.3, -0.25) is 9.59 Å². The molecule has 2 amide bonds. The first-order chi connectivity index (χ1) is 13.2. The van der Waals surface area contributed by atoms with E-state index in [1.54, 1.807) is 24.3 Å². The summed E-state index contributed by atoms with van der Waals surface area (Å²) in [7, 11) is 1.48. The number of aliphatic hydroxyl groups excluding tert-OH is 1. The second-order valence-corrected chi connectivity index (χ2v) is 6.45. The number of carbonyl (C=O) groups is 2. The van der Waals surface area contributed by atoms with Gasteiger partial charge in [-0.25, -0.2) is 0 Å². The van der Waals surface area contributed by atoms with Crippen LogP contribution in [-0.2, 0) is 22.3 Å². The molecular weight excluding hydrogens is 373 g/mol. The number of nitrogens with one attached hydrogen (secondary N) is 1. The molecule has 0 fully saturated rings. The highest BCUT2D eigenvalue weighted by Gasteiger charge is 2.31. The van der Waals surface area contributed by atoms with E-state index in [0.29, 0.717) is 11.1 Å². The lowest BCUT2D eigenvalue weighted by Gasteiger charge is -2.10. The van der Waals surface area contributed by atoms with Crippen molar-refractivity contribution >= 4 is 11.8 Å². The van der Waals surface area contributed by atoms with Crippen LogP contribution in [0.15, 0.2) is 59.9 Å². The normalized spacial score (nSPS) is 14.6. The van der Waals surface area contributed by atoms with Crippen molar-refractivity contribution in [1.29, 1.82) is 0 Å². The molecule has 2 aromatic carbocycles. The summed E-state index contributed by atoms with van der Waals surface area (Å²) in [4.78, 5) is 25.0. The van der Waals surface area contributed by atoms with Crippen LogP contribution in [0.2, 0.25) is 0 Å². The summed E-state index contributed by atoms with van der Waals surface area (Å²) in [5.41, 5.74) is 1.33. The van der Waals surface area contributed by atoms with Crippen LogP contribution in [-0.4, -0.2) is 35.4 Å². The number of benzene rings is 2. The molecule has 1 aliphatic rings. The fourth-order valence-electron chi connectivity index (χ4n) is 2.87. The van der Waals surface area contributed by atoms with Gasteiger partial charge in [0.15, 0.2) is 5.76 Å². The van der Waals surface area contributed by atoms with Gasteiger partial charge in [0.25, 0.3) is 11.8 Å². The van der Waals surface area contributed by atoms with Gasteiger partial charge in [-0.1, -0.05) is 30.3 Å². The maximum absolute atomic E-state index is 12.7. The van der Waals surface area contributed by atoms with E-state index >= 15 is 0 Å². The van der Waals surface area contributed by atoms with Gasteiger partial charge in [0.05, 0.1) is 17.7 Å². The lowest BCUT2D eigenvalue weighted by Crippen LogP contribution is -2.27. The molecule has 8 heteroatoms. The Balaban J connectivity index is 1.70. The first kappa shape index (κ1) is 19.5. The molecule has 0 unspecified atom stereocenters. The Bertz CT molecular complexity index is 950. The van der Waals surface area contributed by atoms with Crippen LogP contribution in [0, 0.1) is 0 Å². The summed E-state index contributed by atoms with van der Waals surface area (Å²) in [5, 5.41) is 12.4. The highest BCUT2D eigenvalue weighted by atomic mass is 19.4. The van der Waals surface area contributed by atoms with Gasteiger partial charge >= 0.3 is 6.18 Å². The third kappa shape index (κ3) is 4.00. The zero-order chi connectivity index (χ0) is 20.5. The molecule has 0 bridgehead atoms. The predicted molar refractivity (Wildman–Crippen MR) is 96.0 cm³/mol. The standard InChI is InChI=1S/C20H17F3N2O3/c1-25-11-16(17(26)19(25)28)18(27)24-10-12-3-2-4-14(9-12)13-5-7-15(8-6-13)20(21,22)23/h2-9,26H,10-11H2,1H3,(H,24,27). The number of hydrogen-bond acceptors (Lipinski definition) is 3. The number of alkyl halides is 3. The van der Waals surface area contributed by atoms with Crippen LogP contribution in [0.1, 0.15) is 11.1 Å². The Kier molecular flexibility index (Phi) is 5.13. The van der Waals surface area contributed by atoms with Crippen LogP contribution in [0.25, 0.3) is 11.1 Å². The number of nitrogens with zero attached hydrogens (tertiary/aromatic N) is 1. The molecule has 0 aliphatic carbocycles. The second-order valence-electron chi connectivity index (χ2n) is 6.45. The Labute approximate surface area is 159 Å². The largest absolute Gasteiger partial charge is 0.503 e. The van der Waals surface area contributed by atoms with Crippen molar-refractivity contribution in [2.24, 2.45) is 0 Å². The maximum Gasteiger partial charge on any atom is 0.416 e. The molecule has 2 N–H and O–H groups in total. The number of carbonyl (C=O) groups excluding carboxylic acids is 2. The van der Waals surface area contributed by atoms with Crippen molar-refractivity contribution in [1.82, 2.24) is 10.2 Å². The SMILES string of the molecule is CN1CC(C(=O)NCc2cccc(-c3ccc(C(F)(F)F)cc3)c2)=C(O)C1=O. The van der Waals surface area contributed by atoms with Crippen LogP contribution in [0.3, 0.4) is 0 Å². The average molecular weight is 390 g/mol. The zero-order valence-corrected chi connectivity index (χ0v) is 14.9. The first-order valence-corrected chi connectivity index (χ1v) is 8.39. The highest BCUT2D eigenvalue weighted by molar-refractivity contribution is 6.06. The Hall–Kier alpha value is -3.29. The molecule has 0 aromatic heterocycles. The van der Waals surface area contributed by atoms with Crippen molar-refractivity contribution in [3.63, 3.8) is 0 Å². The van der Waals surface area contributed by atoms with E-state index in [1.807, 2.05) is 0 Å². The predicted octanol–water partition coefficient (Wildman–Crippen LogP) is 3.27. The molecule has 5 nitrogen and oxygen atoms in total. The van der Waals surface area contributed by atoms with Crippen molar-refractivity contribution in [2.75, 3.05) is 13.6 Å². The van der Waals surface area contributed by atoms with Gasteiger partial charge in [-0.15, -0.1) is 0 Å². The molecule has 146 valence electrons. The van der Waals surface area contributed by atoms with Crippen LogP contribution >= 0.6 is 0 Å². The maximum atomic E-state index is 12.7. The molecule has 2 aromatic rings. The third-order valence-electron chi connectivity index (χ3n) is 4.43. The monoisotopic (exact) mass is 390 g/mol. The number of halogens is 3. The lowest BCUT2D eigenvalue weighted by atomic mass is 10.0. The van der Waals surface area contributed by atoms with E-state index in [4.69, 9.17) is 0 Å². The summed E-state index contributed by atoms with van der Waals surface area (Å²) in [5.74, 6) is -1.71. The number of likely N-dealkylation sites (N-methyl/N-ethyl adjacent to an activating group) is 1. The molecule has 3 rings (SSSR count). The van der Waals surface area contributed by atoms with Crippen molar-refractivity contribution in [2.45, 2.75) is 12.7 Å². The Morgan fingerprint density at radius 2 is 1.82 bits per heavy atom. The second kappa shape index (κ2) is 7.38. The smallest absolute Gasteiger partial charge is 0.416 e. The molecule has 0 radical (unpaired) electrons.